The van der Waals surface area contributed by atoms with Crippen molar-refractivity contribution in [3.05, 3.63) is 36.4 Å². The van der Waals surface area contributed by atoms with E-state index in [0.717, 1.165) is 18.7 Å². The molecule has 0 bridgehead atoms. The third-order valence-corrected chi connectivity index (χ3v) is 3.96. The number of nitrogens with zero attached hydrogens (tertiary/aromatic N) is 6. The van der Waals surface area contributed by atoms with E-state index in [2.05, 4.69) is 25.2 Å². The number of furan rings is 1. The first kappa shape index (κ1) is 15.0. The highest BCUT2D eigenvalue weighted by Gasteiger charge is 2.23. The molecule has 24 heavy (non-hydrogen) atoms. The van der Waals surface area contributed by atoms with Crippen molar-refractivity contribution in [1.29, 1.82) is 0 Å². The molecule has 1 aliphatic heterocycles. The minimum Gasteiger partial charge on any atom is -0.459 e. The summed E-state index contributed by atoms with van der Waals surface area (Å²) < 4.78 is 18.7. The Bertz CT molecular complexity index is 781. The van der Waals surface area contributed by atoms with E-state index in [1.807, 2.05) is 13.0 Å². The molecular weight excluding hydrogens is 312 g/mol. The Morgan fingerprint density at radius 1 is 1.33 bits per heavy atom. The molecule has 0 radical (unpaired) electrons. The van der Waals surface area contributed by atoms with E-state index in [0.29, 0.717) is 37.2 Å². The van der Waals surface area contributed by atoms with Crippen LogP contribution < -0.4 is 0 Å². The van der Waals surface area contributed by atoms with Crippen LogP contribution >= 0.6 is 0 Å². The summed E-state index contributed by atoms with van der Waals surface area (Å²) in [6.07, 6.45) is 4.90. The summed E-state index contributed by atoms with van der Waals surface area (Å²) in [7, 11) is 0. The zero-order valence-corrected chi connectivity index (χ0v) is 13.3. The summed E-state index contributed by atoms with van der Waals surface area (Å²) in [4.78, 5) is 6.18. The van der Waals surface area contributed by atoms with Crippen LogP contribution in [0.1, 0.15) is 11.5 Å². The Kier molecular flexibility index (Phi) is 4.09. The molecule has 4 rings (SSSR count). The maximum atomic E-state index is 5.79. The van der Waals surface area contributed by atoms with Gasteiger partial charge in [0.15, 0.2) is 5.76 Å². The average molecular weight is 330 g/mol. The highest BCUT2D eigenvalue weighted by molar-refractivity contribution is 5.49. The van der Waals surface area contributed by atoms with Crippen LogP contribution in [-0.2, 0) is 17.8 Å². The smallest absolute Gasteiger partial charge is 0.283 e. The molecule has 0 aliphatic carbocycles. The van der Waals surface area contributed by atoms with Gasteiger partial charge in [-0.3, -0.25) is 9.58 Å². The molecule has 3 aromatic rings. The van der Waals surface area contributed by atoms with Crippen molar-refractivity contribution in [2.45, 2.75) is 26.1 Å². The van der Waals surface area contributed by atoms with Crippen molar-refractivity contribution in [1.82, 2.24) is 29.9 Å². The molecule has 1 fully saturated rings. The van der Waals surface area contributed by atoms with Gasteiger partial charge in [-0.1, -0.05) is 0 Å². The fraction of sp³-hybridized carbons (Fsp3) is 0.467. The van der Waals surface area contributed by atoms with Crippen molar-refractivity contribution in [2.24, 2.45) is 0 Å². The Labute approximate surface area is 138 Å². The first-order valence-corrected chi connectivity index (χ1v) is 7.81. The summed E-state index contributed by atoms with van der Waals surface area (Å²) in [6, 6.07) is 1.87. The number of aryl methyl sites for hydroxylation is 1. The molecule has 4 heterocycles. The van der Waals surface area contributed by atoms with Gasteiger partial charge in [0.1, 0.15) is 12.7 Å². The predicted octanol–water partition coefficient (Wildman–Crippen LogP) is 1.13. The average Bonchev–Trinajstić information content (AvgIpc) is 3.30. The molecule has 0 spiro atoms. The molecular formula is C15H18N6O3. The molecule has 3 aromatic heterocycles. The number of hydrogen-bond donors (Lipinski definition) is 0. The fourth-order valence-electron chi connectivity index (χ4n) is 2.76. The van der Waals surface area contributed by atoms with Crippen molar-refractivity contribution in [2.75, 3.05) is 19.7 Å². The van der Waals surface area contributed by atoms with E-state index >= 15 is 0 Å². The molecule has 126 valence electrons. The minimum atomic E-state index is 0.0650. The van der Waals surface area contributed by atoms with Crippen LogP contribution in [0.3, 0.4) is 0 Å². The third kappa shape index (κ3) is 3.22. The van der Waals surface area contributed by atoms with Gasteiger partial charge in [0.25, 0.3) is 5.89 Å². The Morgan fingerprint density at radius 2 is 2.29 bits per heavy atom. The van der Waals surface area contributed by atoms with Crippen molar-refractivity contribution in [3.63, 3.8) is 0 Å². The quantitative estimate of drug-likeness (QED) is 0.687. The largest absolute Gasteiger partial charge is 0.459 e. The van der Waals surface area contributed by atoms with Gasteiger partial charge >= 0.3 is 0 Å². The number of rotatable bonds is 5. The molecule has 1 atom stereocenters. The van der Waals surface area contributed by atoms with Crippen molar-refractivity contribution in [3.8, 4) is 11.7 Å². The van der Waals surface area contributed by atoms with Gasteiger partial charge in [-0.2, -0.15) is 5.10 Å². The Balaban J connectivity index is 1.38. The summed E-state index contributed by atoms with van der Waals surface area (Å²) >= 11 is 0. The molecule has 1 saturated heterocycles. The zero-order chi connectivity index (χ0) is 16.4. The lowest BCUT2D eigenvalue weighted by atomic mass is 10.2. The number of ether oxygens (including phenoxy) is 1. The third-order valence-electron chi connectivity index (χ3n) is 3.96. The van der Waals surface area contributed by atoms with Crippen LogP contribution in [0.4, 0.5) is 0 Å². The van der Waals surface area contributed by atoms with E-state index in [1.54, 1.807) is 17.3 Å². The van der Waals surface area contributed by atoms with E-state index in [4.69, 9.17) is 13.6 Å². The standard InChI is InChI=1S/C15H18N6O3/c1-11-2-4-23-14(11)15-19-18-13(24-15)8-20-3-5-22-12(6-20)7-21-10-16-9-17-21/h2,4,9-10,12H,3,5-8H2,1H3. The van der Waals surface area contributed by atoms with Gasteiger partial charge in [0.2, 0.25) is 5.89 Å². The Morgan fingerprint density at radius 3 is 3.08 bits per heavy atom. The van der Waals surface area contributed by atoms with Crippen LogP contribution in [0.25, 0.3) is 11.7 Å². The highest BCUT2D eigenvalue weighted by Crippen LogP contribution is 2.23. The van der Waals surface area contributed by atoms with Crippen molar-refractivity contribution < 1.29 is 13.6 Å². The molecule has 0 amide bonds. The van der Waals surface area contributed by atoms with Crippen molar-refractivity contribution >= 4 is 0 Å². The lowest BCUT2D eigenvalue weighted by Crippen LogP contribution is -2.43. The SMILES string of the molecule is Cc1ccoc1-c1nnc(CN2CCOC(Cn3cncn3)C2)o1. The number of aromatic nitrogens is 5. The molecule has 0 saturated carbocycles. The molecule has 0 N–H and O–H groups in total. The van der Waals surface area contributed by atoms with Crippen LogP contribution in [0.2, 0.25) is 0 Å². The van der Waals surface area contributed by atoms with Crippen LogP contribution in [0, 0.1) is 6.92 Å². The second-order valence-corrected chi connectivity index (χ2v) is 5.78. The first-order chi connectivity index (χ1) is 11.8. The molecule has 0 aromatic carbocycles. The van der Waals surface area contributed by atoms with E-state index in [9.17, 15) is 0 Å². The number of morpholine rings is 1. The maximum absolute atomic E-state index is 5.79. The van der Waals surface area contributed by atoms with E-state index < -0.39 is 0 Å². The molecule has 9 heteroatoms. The topological polar surface area (TPSA) is 95.2 Å². The summed E-state index contributed by atoms with van der Waals surface area (Å²) in [6.45, 7) is 5.47. The number of hydrogen-bond acceptors (Lipinski definition) is 8. The monoisotopic (exact) mass is 330 g/mol. The predicted molar refractivity (Wildman–Crippen MR) is 81.8 cm³/mol. The molecule has 1 unspecified atom stereocenters. The van der Waals surface area contributed by atoms with Gasteiger partial charge in [-0.25, -0.2) is 4.98 Å². The van der Waals surface area contributed by atoms with Crippen LogP contribution in [0.5, 0.6) is 0 Å². The van der Waals surface area contributed by atoms with E-state index in [1.165, 1.54) is 6.33 Å². The van der Waals surface area contributed by atoms with Gasteiger partial charge in [0, 0.05) is 18.7 Å². The molecule has 9 nitrogen and oxygen atoms in total. The first-order valence-electron chi connectivity index (χ1n) is 7.81. The lowest BCUT2D eigenvalue weighted by Gasteiger charge is -2.31. The van der Waals surface area contributed by atoms with Gasteiger partial charge in [-0.05, 0) is 13.0 Å². The van der Waals surface area contributed by atoms with Crippen LogP contribution in [0.15, 0.2) is 33.8 Å². The fourth-order valence-corrected chi connectivity index (χ4v) is 2.76. The maximum Gasteiger partial charge on any atom is 0.283 e. The van der Waals surface area contributed by atoms with Gasteiger partial charge in [-0.15, -0.1) is 10.2 Å². The van der Waals surface area contributed by atoms with Crippen LogP contribution in [-0.4, -0.2) is 55.7 Å². The highest BCUT2D eigenvalue weighted by atomic mass is 16.5. The normalized spacial score (nSPS) is 19.0. The Hall–Kier alpha value is -2.52. The molecule has 1 aliphatic rings. The zero-order valence-electron chi connectivity index (χ0n) is 13.3. The second-order valence-electron chi connectivity index (χ2n) is 5.78. The lowest BCUT2D eigenvalue weighted by molar-refractivity contribution is -0.0422. The van der Waals surface area contributed by atoms with Gasteiger partial charge < -0.3 is 13.6 Å². The summed E-state index contributed by atoms with van der Waals surface area (Å²) in [5.74, 6) is 1.61. The second kappa shape index (κ2) is 6.54. The van der Waals surface area contributed by atoms with E-state index in [-0.39, 0.29) is 6.10 Å². The summed E-state index contributed by atoms with van der Waals surface area (Å²) in [5, 5.41) is 12.3. The van der Waals surface area contributed by atoms with Gasteiger partial charge in [0.05, 0.1) is 32.1 Å². The minimum absolute atomic E-state index is 0.0650. The summed E-state index contributed by atoms with van der Waals surface area (Å²) in [5.41, 5.74) is 0.976.